The first-order valence-electron chi connectivity index (χ1n) is 17.8. The smallest absolute Gasteiger partial charge is 0.411 e. The number of aliphatic hydroxyl groups excluding tert-OH is 2. The fourth-order valence-electron chi connectivity index (χ4n) is 7.80. The predicted octanol–water partition coefficient (Wildman–Crippen LogP) is 5.52. The minimum Gasteiger partial charge on any atom is -0.449 e. The van der Waals surface area contributed by atoms with Crippen LogP contribution in [0.25, 0.3) is 5.57 Å². The Morgan fingerprint density at radius 3 is 2.37 bits per heavy atom. The molecule has 2 fully saturated rings. The van der Waals surface area contributed by atoms with E-state index in [1.807, 2.05) is 28.9 Å². The average Bonchev–Trinajstić information content (AvgIpc) is 3.42. The summed E-state index contributed by atoms with van der Waals surface area (Å²) < 4.78 is 7.56. The number of aryl methyl sites for hydroxylation is 1. The lowest BCUT2D eigenvalue weighted by Gasteiger charge is -2.22. The number of anilines is 1. The molecule has 4 N–H and O–H groups in total. The van der Waals surface area contributed by atoms with Gasteiger partial charge in [-0.15, -0.1) is 5.10 Å². The van der Waals surface area contributed by atoms with Gasteiger partial charge in [-0.2, -0.15) is 5.26 Å². The molecule has 1 aromatic carbocycles. The van der Waals surface area contributed by atoms with Crippen molar-refractivity contribution < 1.29 is 24.5 Å². The molecule has 3 aliphatic rings. The highest BCUT2D eigenvalue weighted by Gasteiger charge is 2.50. The number of aromatic nitrogens is 3. The number of nitrogens with one attached hydrogen (secondary N) is 2. The summed E-state index contributed by atoms with van der Waals surface area (Å²) in [5.41, 5.74) is 4.52. The van der Waals surface area contributed by atoms with Gasteiger partial charge in [0.05, 0.1) is 36.3 Å². The first kappa shape index (κ1) is 36.5. The molecule has 0 saturated heterocycles. The summed E-state index contributed by atoms with van der Waals surface area (Å²) in [5, 5.41) is 45.6. The molecule has 5 rings (SSSR count). The normalized spacial score (nSPS) is 26.8. The van der Waals surface area contributed by atoms with E-state index in [9.17, 15) is 25.1 Å². The Bertz CT molecular complexity index is 1550. The van der Waals surface area contributed by atoms with Crippen LogP contribution in [0.5, 0.6) is 0 Å². The zero-order valence-corrected chi connectivity index (χ0v) is 29.9. The van der Waals surface area contributed by atoms with Crippen LogP contribution in [0, 0.1) is 51.8 Å². The van der Waals surface area contributed by atoms with Gasteiger partial charge in [0.15, 0.2) is 0 Å². The molecular formula is C38H54N6O5. The molecule has 49 heavy (non-hydrogen) atoms. The molecule has 3 unspecified atom stereocenters. The summed E-state index contributed by atoms with van der Waals surface area (Å²) >= 11 is 0. The highest BCUT2D eigenvalue weighted by molar-refractivity contribution is 5.85. The van der Waals surface area contributed by atoms with Gasteiger partial charge < -0.3 is 20.3 Å². The third-order valence-electron chi connectivity index (χ3n) is 10.7. The standard InChI is InChI=1S/C38H54N6O5/c1-37(2,3)16-18-40-33(45)20-24-19-25(35(47)34(24)46)21-44-32-14-12-28-27(11-13-31(32)42-43-44)29(28)22-49-36(48)41-26-9-7-23(8-10-26)30(15-17-39)38(4,5)6/h7-10,15,24-25,27-29,34-35,46-47H,11-14,16,18-22H2,1-6H3,(H,40,45)(H,41,48)/b30-15-/t24-,25-,27?,28?,29?,34+,35-/m1/s1. The summed E-state index contributed by atoms with van der Waals surface area (Å²) in [6.45, 7) is 14.0. The van der Waals surface area contributed by atoms with Crippen molar-refractivity contribution in [3.8, 4) is 6.07 Å². The second kappa shape index (κ2) is 15.0. The van der Waals surface area contributed by atoms with E-state index >= 15 is 0 Å². The Morgan fingerprint density at radius 2 is 1.71 bits per heavy atom. The Hall–Kier alpha value is -3.75. The largest absolute Gasteiger partial charge is 0.449 e. The van der Waals surface area contributed by atoms with Crippen molar-refractivity contribution in [3.05, 3.63) is 47.3 Å². The second-order valence-electron chi connectivity index (χ2n) is 16.6. The Labute approximate surface area is 290 Å². The minimum atomic E-state index is -0.943. The van der Waals surface area contributed by atoms with E-state index in [-0.39, 0.29) is 35.0 Å². The first-order valence-corrected chi connectivity index (χ1v) is 17.8. The molecular weight excluding hydrogens is 620 g/mol. The number of carbonyl (C=O) groups is 2. The molecule has 0 bridgehead atoms. The molecule has 0 radical (unpaired) electrons. The summed E-state index contributed by atoms with van der Waals surface area (Å²) in [6, 6.07) is 9.59. The van der Waals surface area contributed by atoms with E-state index in [4.69, 9.17) is 4.74 Å². The first-order chi connectivity index (χ1) is 23.1. The van der Waals surface area contributed by atoms with Crippen LogP contribution in [0.3, 0.4) is 0 Å². The van der Waals surface area contributed by atoms with Crippen molar-refractivity contribution in [3.63, 3.8) is 0 Å². The number of carbonyl (C=O) groups excluding carboxylic acids is 2. The van der Waals surface area contributed by atoms with Crippen LogP contribution in [-0.2, 0) is 28.9 Å². The van der Waals surface area contributed by atoms with Crippen LogP contribution < -0.4 is 10.6 Å². The maximum atomic E-state index is 12.7. The van der Waals surface area contributed by atoms with Gasteiger partial charge in [0, 0.05) is 37.2 Å². The molecule has 1 aromatic heterocycles. The number of nitriles is 1. The summed E-state index contributed by atoms with van der Waals surface area (Å²) in [5.74, 6) is 0.666. The summed E-state index contributed by atoms with van der Waals surface area (Å²) in [4.78, 5) is 25.2. The van der Waals surface area contributed by atoms with Crippen molar-refractivity contribution in [2.45, 2.75) is 105 Å². The van der Waals surface area contributed by atoms with E-state index < -0.39 is 18.3 Å². The number of aliphatic hydroxyl groups is 2. The molecule has 0 spiro atoms. The van der Waals surface area contributed by atoms with Crippen molar-refractivity contribution in [1.82, 2.24) is 20.3 Å². The Balaban J connectivity index is 1.08. The van der Waals surface area contributed by atoms with Crippen LogP contribution >= 0.6 is 0 Å². The zero-order chi connectivity index (χ0) is 35.5. The molecule has 266 valence electrons. The van der Waals surface area contributed by atoms with Gasteiger partial charge in [0.1, 0.15) is 0 Å². The van der Waals surface area contributed by atoms with Crippen LogP contribution in [0.4, 0.5) is 10.5 Å². The number of rotatable bonds is 10. The van der Waals surface area contributed by atoms with Crippen LogP contribution in [0.15, 0.2) is 30.3 Å². The molecule has 0 aliphatic heterocycles. The maximum Gasteiger partial charge on any atom is 0.411 e. The molecule has 7 atom stereocenters. The number of ether oxygens (including phenoxy) is 1. The number of hydrogen-bond acceptors (Lipinski definition) is 8. The third kappa shape index (κ3) is 9.28. The highest BCUT2D eigenvalue weighted by Crippen LogP contribution is 2.53. The van der Waals surface area contributed by atoms with Gasteiger partial charge in [0.2, 0.25) is 5.91 Å². The van der Waals surface area contributed by atoms with E-state index in [0.29, 0.717) is 49.6 Å². The lowest BCUT2D eigenvalue weighted by Crippen LogP contribution is -2.33. The van der Waals surface area contributed by atoms with Gasteiger partial charge in [-0.3, -0.25) is 10.1 Å². The van der Waals surface area contributed by atoms with Gasteiger partial charge in [-0.25, -0.2) is 9.48 Å². The van der Waals surface area contributed by atoms with Crippen LogP contribution in [0.2, 0.25) is 0 Å². The summed E-state index contributed by atoms with van der Waals surface area (Å²) in [7, 11) is 0. The number of allylic oxidation sites excluding steroid dienone is 2. The van der Waals surface area contributed by atoms with E-state index in [1.165, 1.54) is 0 Å². The predicted molar refractivity (Wildman–Crippen MR) is 187 cm³/mol. The van der Waals surface area contributed by atoms with Crippen molar-refractivity contribution >= 4 is 23.3 Å². The number of benzene rings is 1. The maximum absolute atomic E-state index is 12.7. The van der Waals surface area contributed by atoms with Gasteiger partial charge in [-0.1, -0.05) is 58.9 Å². The monoisotopic (exact) mass is 674 g/mol. The lowest BCUT2D eigenvalue weighted by atomic mass is 9.82. The topological polar surface area (TPSA) is 162 Å². The van der Waals surface area contributed by atoms with Gasteiger partial charge in [-0.05, 0) is 96.3 Å². The zero-order valence-electron chi connectivity index (χ0n) is 29.9. The van der Waals surface area contributed by atoms with Crippen molar-refractivity contribution in [2.24, 2.45) is 40.4 Å². The van der Waals surface area contributed by atoms with Gasteiger partial charge >= 0.3 is 6.09 Å². The molecule has 2 saturated carbocycles. The molecule has 11 heteroatoms. The van der Waals surface area contributed by atoms with Crippen molar-refractivity contribution in [1.29, 1.82) is 5.26 Å². The van der Waals surface area contributed by atoms with E-state index in [1.54, 1.807) is 6.08 Å². The SMILES string of the molecule is CC(C)(C)CCNC(=O)C[C@H]1C[C@H](Cn2nnc3c2CCC2C(CC3)C2COC(=O)Nc2ccc(/C(=C/C#N)C(C)(C)C)cc2)[C@@H](O)[C@H]1O. The number of nitrogens with zero attached hydrogens (tertiary/aromatic N) is 4. The molecule has 2 aromatic rings. The fraction of sp³-hybridized carbons (Fsp3) is 0.658. The van der Waals surface area contributed by atoms with E-state index in [2.05, 4.69) is 68.6 Å². The Morgan fingerprint density at radius 1 is 1.04 bits per heavy atom. The lowest BCUT2D eigenvalue weighted by molar-refractivity contribution is -0.123. The highest BCUT2D eigenvalue weighted by atomic mass is 16.5. The second-order valence-corrected chi connectivity index (χ2v) is 16.6. The third-order valence-corrected chi connectivity index (χ3v) is 10.7. The van der Waals surface area contributed by atoms with Crippen molar-refractivity contribution in [2.75, 3.05) is 18.5 Å². The van der Waals surface area contributed by atoms with Crippen LogP contribution in [0.1, 0.15) is 90.6 Å². The molecule has 2 amide bonds. The number of amides is 2. The Kier molecular flexibility index (Phi) is 11.2. The fourth-order valence-corrected chi connectivity index (χ4v) is 7.80. The number of fused-ring (bicyclic) bond motifs is 2. The molecule has 11 nitrogen and oxygen atoms in total. The van der Waals surface area contributed by atoms with Crippen LogP contribution in [-0.4, -0.2) is 62.6 Å². The number of hydrogen-bond donors (Lipinski definition) is 4. The quantitative estimate of drug-likeness (QED) is 0.240. The van der Waals surface area contributed by atoms with E-state index in [0.717, 1.165) is 54.6 Å². The van der Waals surface area contributed by atoms with Gasteiger partial charge in [0.25, 0.3) is 0 Å². The average molecular weight is 675 g/mol. The summed E-state index contributed by atoms with van der Waals surface area (Å²) in [6.07, 6.45) is 4.36. The minimum absolute atomic E-state index is 0.0868. The molecule has 3 aliphatic carbocycles. The molecule has 1 heterocycles.